The highest BCUT2D eigenvalue weighted by molar-refractivity contribution is 6.51. The summed E-state index contributed by atoms with van der Waals surface area (Å²) >= 11 is 0. The van der Waals surface area contributed by atoms with Crippen LogP contribution in [0.3, 0.4) is 0 Å². The first-order valence-electron chi connectivity index (χ1n) is 5.67. The lowest BCUT2D eigenvalue weighted by atomic mass is 9.99. The van der Waals surface area contributed by atoms with Crippen LogP contribution in [-0.2, 0) is 0 Å². The molecule has 0 saturated carbocycles. The molecule has 18 heavy (non-hydrogen) atoms. The molecule has 0 aromatic heterocycles. The number of carbonyl (C=O) groups is 1. The Kier molecular flexibility index (Phi) is 3.53. The molecular formula is C15H14N2O. The van der Waals surface area contributed by atoms with Gasteiger partial charge in [-0.3, -0.25) is 4.79 Å². The lowest BCUT2D eigenvalue weighted by molar-refractivity contribution is 0.106. The van der Waals surface area contributed by atoms with Gasteiger partial charge < -0.3 is 5.84 Å². The summed E-state index contributed by atoms with van der Waals surface area (Å²) in [5, 5.41) is 3.64. The monoisotopic (exact) mass is 238 g/mol. The van der Waals surface area contributed by atoms with Crippen molar-refractivity contribution in [2.45, 2.75) is 6.92 Å². The van der Waals surface area contributed by atoms with Gasteiger partial charge in [-0.2, -0.15) is 5.10 Å². The van der Waals surface area contributed by atoms with E-state index in [1.54, 1.807) is 12.1 Å². The van der Waals surface area contributed by atoms with Crippen molar-refractivity contribution >= 4 is 11.5 Å². The molecule has 0 atom stereocenters. The Labute approximate surface area is 106 Å². The van der Waals surface area contributed by atoms with E-state index in [0.717, 1.165) is 11.1 Å². The topological polar surface area (TPSA) is 55.4 Å². The number of benzene rings is 2. The van der Waals surface area contributed by atoms with Crippen molar-refractivity contribution in [2.75, 3.05) is 0 Å². The van der Waals surface area contributed by atoms with Crippen molar-refractivity contribution < 1.29 is 4.79 Å². The molecule has 0 heterocycles. The second-order valence-electron chi connectivity index (χ2n) is 4.04. The van der Waals surface area contributed by atoms with Gasteiger partial charge in [-0.1, -0.05) is 54.1 Å². The second-order valence-corrected chi connectivity index (χ2v) is 4.04. The van der Waals surface area contributed by atoms with Gasteiger partial charge in [-0.05, 0) is 13.0 Å². The number of hydrogen-bond donors (Lipinski definition) is 1. The van der Waals surface area contributed by atoms with Crippen LogP contribution in [0.25, 0.3) is 0 Å². The van der Waals surface area contributed by atoms with Crippen LogP contribution in [0.2, 0.25) is 0 Å². The molecule has 3 nitrogen and oxygen atoms in total. The summed E-state index contributed by atoms with van der Waals surface area (Å²) in [6.07, 6.45) is 0. The largest absolute Gasteiger partial charge is 0.323 e. The summed E-state index contributed by atoms with van der Waals surface area (Å²) in [5.41, 5.74) is 2.67. The Morgan fingerprint density at radius 2 is 1.67 bits per heavy atom. The minimum Gasteiger partial charge on any atom is -0.323 e. The molecule has 0 aliphatic heterocycles. The third-order valence-corrected chi connectivity index (χ3v) is 2.67. The molecule has 2 rings (SSSR count). The Hall–Kier alpha value is -2.42. The molecule has 2 aromatic rings. The van der Waals surface area contributed by atoms with Gasteiger partial charge in [0, 0.05) is 11.1 Å². The molecule has 0 spiro atoms. The minimum atomic E-state index is -0.163. The molecule has 90 valence electrons. The second kappa shape index (κ2) is 5.27. The predicted molar refractivity (Wildman–Crippen MR) is 72.7 cm³/mol. The van der Waals surface area contributed by atoms with Crippen LogP contribution in [0.5, 0.6) is 0 Å². The van der Waals surface area contributed by atoms with Gasteiger partial charge in [0.2, 0.25) is 5.78 Å². The molecule has 0 fully saturated rings. The molecule has 0 bridgehead atoms. The molecule has 3 heteroatoms. The summed E-state index contributed by atoms with van der Waals surface area (Å²) in [6, 6.07) is 16.6. The number of aryl methyl sites for hydroxylation is 1. The maximum Gasteiger partial charge on any atom is 0.213 e. The van der Waals surface area contributed by atoms with Crippen molar-refractivity contribution in [3.05, 3.63) is 71.3 Å². The molecule has 0 amide bonds. The van der Waals surface area contributed by atoms with Crippen molar-refractivity contribution in [2.24, 2.45) is 10.9 Å². The van der Waals surface area contributed by atoms with Crippen LogP contribution in [0.4, 0.5) is 0 Å². The van der Waals surface area contributed by atoms with Gasteiger partial charge in [0.15, 0.2) is 0 Å². The normalized spacial score (nSPS) is 11.3. The smallest absolute Gasteiger partial charge is 0.213 e. The molecule has 0 aliphatic carbocycles. The number of ketones is 1. The Morgan fingerprint density at radius 3 is 2.28 bits per heavy atom. The van der Waals surface area contributed by atoms with E-state index in [9.17, 15) is 4.79 Å². The van der Waals surface area contributed by atoms with E-state index in [-0.39, 0.29) is 11.5 Å². The summed E-state index contributed by atoms with van der Waals surface area (Å²) in [6.45, 7) is 1.96. The Morgan fingerprint density at radius 1 is 1.00 bits per heavy atom. The van der Waals surface area contributed by atoms with E-state index in [2.05, 4.69) is 5.10 Å². The SMILES string of the molecule is Cc1cccc(C(=NN)C(=O)c2ccccc2)c1. The minimum absolute atomic E-state index is 0.163. The number of carbonyl (C=O) groups excluding carboxylic acids is 1. The van der Waals surface area contributed by atoms with Crippen molar-refractivity contribution in [3.63, 3.8) is 0 Å². The highest BCUT2D eigenvalue weighted by Gasteiger charge is 2.15. The Bertz CT molecular complexity index is 588. The first kappa shape index (κ1) is 12.0. The number of hydrazone groups is 1. The first-order chi connectivity index (χ1) is 8.72. The highest BCUT2D eigenvalue weighted by Crippen LogP contribution is 2.10. The number of hydrogen-bond acceptors (Lipinski definition) is 3. The van der Waals surface area contributed by atoms with E-state index < -0.39 is 0 Å². The molecule has 2 aromatic carbocycles. The lowest BCUT2D eigenvalue weighted by Crippen LogP contribution is -2.17. The zero-order valence-electron chi connectivity index (χ0n) is 10.1. The van der Waals surface area contributed by atoms with E-state index >= 15 is 0 Å². The van der Waals surface area contributed by atoms with Crippen molar-refractivity contribution in [3.8, 4) is 0 Å². The van der Waals surface area contributed by atoms with Crippen LogP contribution < -0.4 is 5.84 Å². The molecule has 2 N–H and O–H groups in total. The maximum absolute atomic E-state index is 12.3. The third kappa shape index (κ3) is 2.46. The fourth-order valence-corrected chi connectivity index (χ4v) is 1.78. The van der Waals surface area contributed by atoms with Gasteiger partial charge in [-0.25, -0.2) is 0 Å². The zero-order valence-corrected chi connectivity index (χ0v) is 10.1. The molecule has 0 saturated heterocycles. The summed E-state index contributed by atoms with van der Waals surface area (Å²) < 4.78 is 0. The van der Waals surface area contributed by atoms with Crippen LogP contribution in [0, 0.1) is 6.92 Å². The number of Topliss-reactive ketones (excluding diaryl/α,β-unsaturated/α-hetero) is 1. The van der Waals surface area contributed by atoms with E-state index in [1.807, 2.05) is 49.4 Å². The quantitative estimate of drug-likeness (QED) is 0.386. The summed E-state index contributed by atoms with van der Waals surface area (Å²) in [7, 11) is 0. The average molecular weight is 238 g/mol. The van der Waals surface area contributed by atoms with Crippen LogP contribution in [0.15, 0.2) is 59.7 Å². The molecule has 0 aliphatic rings. The molecular weight excluding hydrogens is 224 g/mol. The fourth-order valence-electron chi connectivity index (χ4n) is 1.78. The van der Waals surface area contributed by atoms with Gasteiger partial charge in [0.1, 0.15) is 5.71 Å². The van der Waals surface area contributed by atoms with Gasteiger partial charge in [0.05, 0.1) is 0 Å². The number of nitrogens with zero attached hydrogens (tertiary/aromatic N) is 1. The van der Waals surface area contributed by atoms with Crippen LogP contribution in [-0.4, -0.2) is 11.5 Å². The Balaban J connectivity index is 2.39. The highest BCUT2D eigenvalue weighted by atomic mass is 16.1. The fraction of sp³-hybridized carbons (Fsp3) is 0.0667. The van der Waals surface area contributed by atoms with E-state index in [0.29, 0.717) is 5.56 Å². The van der Waals surface area contributed by atoms with Gasteiger partial charge in [0.25, 0.3) is 0 Å². The van der Waals surface area contributed by atoms with E-state index in [4.69, 9.17) is 5.84 Å². The van der Waals surface area contributed by atoms with Crippen molar-refractivity contribution in [1.29, 1.82) is 0 Å². The summed E-state index contributed by atoms with van der Waals surface area (Å²) in [5.74, 6) is 5.20. The van der Waals surface area contributed by atoms with Crippen LogP contribution >= 0.6 is 0 Å². The van der Waals surface area contributed by atoms with Gasteiger partial charge in [-0.15, -0.1) is 0 Å². The third-order valence-electron chi connectivity index (χ3n) is 2.67. The predicted octanol–water partition coefficient (Wildman–Crippen LogP) is 2.54. The summed E-state index contributed by atoms with van der Waals surface area (Å²) in [4.78, 5) is 12.3. The first-order valence-corrected chi connectivity index (χ1v) is 5.67. The average Bonchev–Trinajstić information content (AvgIpc) is 2.40. The number of rotatable bonds is 3. The maximum atomic E-state index is 12.3. The van der Waals surface area contributed by atoms with Crippen molar-refractivity contribution in [1.82, 2.24) is 0 Å². The van der Waals surface area contributed by atoms with Crippen LogP contribution in [0.1, 0.15) is 21.5 Å². The van der Waals surface area contributed by atoms with E-state index in [1.165, 1.54) is 0 Å². The molecule has 0 unspecified atom stereocenters. The molecule has 0 radical (unpaired) electrons. The number of nitrogens with two attached hydrogens (primary N) is 1. The lowest BCUT2D eigenvalue weighted by Gasteiger charge is -2.05. The standard InChI is InChI=1S/C15H14N2O/c1-11-6-5-9-13(10-11)14(17-16)15(18)12-7-3-2-4-8-12/h2-10H,16H2,1H3. The van der Waals surface area contributed by atoms with Gasteiger partial charge >= 0.3 is 0 Å². The zero-order chi connectivity index (χ0) is 13.0.